The summed E-state index contributed by atoms with van der Waals surface area (Å²) in [6.45, 7) is 2.00. The first-order chi connectivity index (χ1) is 21.4. The number of benzene rings is 2. The molecule has 2 N–H and O–H groups in total. The highest BCUT2D eigenvalue weighted by Crippen LogP contribution is 2.39. The number of carbonyl (C=O) groups excluding carboxylic acids is 1. The maximum atomic E-state index is 15.4. The highest BCUT2D eigenvalue weighted by molar-refractivity contribution is 7.11. The van der Waals surface area contributed by atoms with Crippen molar-refractivity contribution in [3.63, 3.8) is 0 Å². The Bertz CT molecular complexity index is 1890. The number of ketones is 1. The van der Waals surface area contributed by atoms with Crippen LogP contribution in [-0.2, 0) is 6.54 Å². The third-order valence-corrected chi connectivity index (χ3v) is 9.09. The fraction of sp³-hybridized carbons (Fsp3) is 0.303. The molecule has 11 heteroatoms. The molecule has 224 valence electrons. The molecule has 9 nitrogen and oxygen atoms in total. The second-order valence-electron chi connectivity index (χ2n) is 11.6. The summed E-state index contributed by atoms with van der Waals surface area (Å²) in [6.07, 6.45) is 7.41. The summed E-state index contributed by atoms with van der Waals surface area (Å²) in [5.74, 6) is -0.470. The first kappa shape index (κ1) is 28.3. The van der Waals surface area contributed by atoms with Gasteiger partial charge in [0.15, 0.2) is 5.01 Å². The zero-order valence-corrected chi connectivity index (χ0v) is 25.1. The number of likely N-dealkylation sites (N-methyl/N-ethyl adjacent to an activating group) is 1. The van der Waals surface area contributed by atoms with Crippen molar-refractivity contribution < 1.29 is 9.18 Å². The number of aromatic nitrogens is 4. The minimum Gasteiger partial charge on any atom is -0.381 e. The summed E-state index contributed by atoms with van der Waals surface area (Å²) in [5, 5.41) is 9.50. The molecule has 1 aliphatic carbocycles. The van der Waals surface area contributed by atoms with Crippen LogP contribution in [0.2, 0.25) is 0 Å². The van der Waals surface area contributed by atoms with Gasteiger partial charge >= 0.3 is 0 Å². The first-order valence-corrected chi connectivity index (χ1v) is 15.7. The van der Waals surface area contributed by atoms with Crippen LogP contribution in [0.25, 0.3) is 11.0 Å². The predicted molar refractivity (Wildman–Crippen MR) is 171 cm³/mol. The SMILES string of the molecule is CN1CCCC(Nc2ccc(Nc3ncc4cc(C5CC5)c(=O)n(Cc5c(F)cccc5C(=O)c5nccs5)c4n3)cc2)C1. The molecule has 1 unspecified atom stereocenters. The number of pyridine rings is 1. The minimum absolute atomic E-state index is 0.129. The standard InChI is InChI=1S/C33H32FN7O2S/c1-40-14-3-4-24(18-40)37-22-9-11-23(12-10-22)38-33-36-17-21-16-26(20-7-8-20)32(43)41(30(21)39-33)19-27-25(5-2-6-28(27)34)29(42)31-35-13-15-44-31/h2,5-6,9-13,15-17,20,24,37H,3-4,7-8,14,18-19H2,1H3,(H,36,38,39). The number of likely N-dealkylation sites (tertiary alicyclic amines) is 1. The van der Waals surface area contributed by atoms with Gasteiger partial charge in [0.05, 0.1) is 6.54 Å². The van der Waals surface area contributed by atoms with E-state index in [9.17, 15) is 9.59 Å². The number of piperidine rings is 1. The van der Waals surface area contributed by atoms with Gasteiger partial charge in [0, 0.05) is 63.8 Å². The second-order valence-corrected chi connectivity index (χ2v) is 12.5. The number of nitrogens with one attached hydrogen (secondary N) is 2. The summed E-state index contributed by atoms with van der Waals surface area (Å²) in [7, 11) is 2.15. The van der Waals surface area contributed by atoms with E-state index in [2.05, 4.69) is 32.5 Å². The molecule has 5 aromatic rings. The van der Waals surface area contributed by atoms with Crippen LogP contribution in [0.15, 0.2) is 71.1 Å². The number of nitrogens with zero attached hydrogens (tertiary/aromatic N) is 5. The number of fused-ring (bicyclic) bond motifs is 1. The van der Waals surface area contributed by atoms with Crippen LogP contribution in [0.1, 0.15) is 58.1 Å². The molecule has 1 saturated heterocycles. The topological polar surface area (TPSA) is 105 Å². The number of halogens is 1. The lowest BCUT2D eigenvalue weighted by molar-refractivity contribution is 0.103. The van der Waals surface area contributed by atoms with Crippen molar-refractivity contribution in [2.45, 2.75) is 44.2 Å². The number of thiazole rings is 1. The van der Waals surface area contributed by atoms with Gasteiger partial charge in [-0.1, -0.05) is 12.1 Å². The molecule has 2 fully saturated rings. The Hall–Kier alpha value is -4.48. The molecule has 1 aliphatic heterocycles. The molecule has 0 radical (unpaired) electrons. The lowest BCUT2D eigenvalue weighted by Gasteiger charge is -2.30. The summed E-state index contributed by atoms with van der Waals surface area (Å²) in [5.41, 5.74) is 2.95. The average molecular weight is 610 g/mol. The fourth-order valence-corrected chi connectivity index (χ4v) is 6.50. The average Bonchev–Trinajstić information content (AvgIpc) is 3.72. The molecule has 4 heterocycles. The van der Waals surface area contributed by atoms with Crippen molar-refractivity contribution in [3.05, 3.63) is 104 Å². The van der Waals surface area contributed by atoms with Crippen molar-refractivity contribution in [3.8, 4) is 0 Å². The summed E-state index contributed by atoms with van der Waals surface area (Å²) in [4.78, 5) is 42.8. The number of rotatable bonds is 9. The molecular weight excluding hydrogens is 577 g/mol. The van der Waals surface area contributed by atoms with Gasteiger partial charge in [-0.15, -0.1) is 11.3 Å². The zero-order valence-electron chi connectivity index (χ0n) is 24.3. The van der Waals surface area contributed by atoms with Crippen molar-refractivity contribution in [1.29, 1.82) is 0 Å². The summed E-state index contributed by atoms with van der Waals surface area (Å²) >= 11 is 1.19. The minimum atomic E-state index is -0.565. The Morgan fingerprint density at radius 2 is 1.91 bits per heavy atom. The molecule has 7 rings (SSSR count). The normalized spacial score (nSPS) is 17.1. The molecular formula is C33H32FN7O2S. The van der Waals surface area contributed by atoms with E-state index >= 15 is 4.39 Å². The van der Waals surface area contributed by atoms with Gasteiger partial charge in [0.1, 0.15) is 11.5 Å². The molecule has 0 bridgehead atoms. The van der Waals surface area contributed by atoms with E-state index in [1.807, 2.05) is 30.3 Å². The molecule has 3 aromatic heterocycles. The number of carbonyl (C=O) groups is 1. The second kappa shape index (κ2) is 11.9. The quantitative estimate of drug-likeness (QED) is 0.202. The maximum Gasteiger partial charge on any atom is 0.256 e. The molecule has 44 heavy (non-hydrogen) atoms. The van der Waals surface area contributed by atoms with Crippen molar-refractivity contribution in [1.82, 2.24) is 24.4 Å². The predicted octanol–water partition coefficient (Wildman–Crippen LogP) is 5.79. The first-order valence-electron chi connectivity index (χ1n) is 14.9. The van der Waals surface area contributed by atoms with Crippen LogP contribution in [-0.4, -0.2) is 56.4 Å². The Morgan fingerprint density at radius 3 is 2.66 bits per heavy atom. The third-order valence-electron chi connectivity index (χ3n) is 8.31. The van der Waals surface area contributed by atoms with Crippen molar-refractivity contribution >= 4 is 45.5 Å². The van der Waals surface area contributed by atoms with Crippen LogP contribution in [0.4, 0.5) is 21.7 Å². The lowest BCUT2D eigenvalue weighted by Crippen LogP contribution is -2.39. The van der Waals surface area contributed by atoms with Crippen LogP contribution in [0.3, 0.4) is 0 Å². The molecule has 1 atom stereocenters. The monoisotopic (exact) mass is 609 g/mol. The van der Waals surface area contributed by atoms with Crippen LogP contribution >= 0.6 is 11.3 Å². The largest absolute Gasteiger partial charge is 0.381 e. The summed E-state index contributed by atoms with van der Waals surface area (Å²) < 4.78 is 16.8. The third kappa shape index (κ3) is 5.85. The van der Waals surface area contributed by atoms with E-state index in [1.165, 1.54) is 34.5 Å². The Labute approximate surface area is 257 Å². The van der Waals surface area contributed by atoms with Gasteiger partial charge in [-0.05, 0) is 81.6 Å². The van der Waals surface area contributed by atoms with Gasteiger partial charge in [0.2, 0.25) is 11.7 Å². The van der Waals surface area contributed by atoms with E-state index in [-0.39, 0.29) is 39.9 Å². The van der Waals surface area contributed by atoms with E-state index < -0.39 is 5.82 Å². The Kier molecular flexibility index (Phi) is 7.65. The number of hydrogen-bond donors (Lipinski definition) is 2. The van der Waals surface area contributed by atoms with Crippen LogP contribution < -0.4 is 16.2 Å². The Morgan fingerprint density at radius 1 is 1.09 bits per heavy atom. The van der Waals surface area contributed by atoms with Gasteiger partial charge in [-0.2, -0.15) is 4.98 Å². The molecule has 0 amide bonds. The maximum absolute atomic E-state index is 15.4. The molecule has 2 aromatic carbocycles. The van der Waals surface area contributed by atoms with E-state index in [1.54, 1.807) is 23.8 Å². The number of hydrogen-bond acceptors (Lipinski definition) is 9. The fourth-order valence-electron chi connectivity index (χ4n) is 5.91. The van der Waals surface area contributed by atoms with Crippen LogP contribution in [0.5, 0.6) is 0 Å². The molecule has 1 saturated carbocycles. The van der Waals surface area contributed by atoms with E-state index in [0.717, 1.165) is 43.7 Å². The highest BCUT2D eigenvalue weighted by Gasteiger charge is 2.29. The molecule has 2 aliphatic rings. The zero-order chi connectivity index (χ0) is 30.2. The van der Waals surface area contributed by atoms with Gasteiger partial charge in [-0.25, -0.2) is 14.4 Å². The van der Waals surface area contributed by atoms with Crippen molar-refractivity contribution in [2.24, 2.45) is 0 Å². The summed E-state index contributed by atoms with van der Waals surface area (Å²) in [6, 6.07) is 14.6. The lowest BCUT2D eigenvalue weighted by atomic mass is 10.0. The molecule has 0 spiro atoms. The Balaban J connectivity index is 1.21. The van der Waals surface area contributed by atoms with E-state index in [0.29, 0.717) is 28.6 Å². The van der Waals surface area contributed by atoms with Gasteiger partial charge < -0.3 is 15.5 Å². The van der Waals surface area contributed by atoms with E-state index in [4.69, 9.17) is 4.98 Å². The highest BCUT2D eigenvalue weighted by atomic mass is 32.1. The van der Waals surface area contributed by atoms with Crippen LogP contribution in [0, 0.1) is 5.82 Å². The van der Waals surface area contributed by atoms with Gasteiger partial charge in [0.25, 0.3) is 5.56 Å². The van der Waals surface area contributed by atoms with Crippen molar-refractivity contribution in [2.75, 3.05) is 30.8 Å². The number of anilines is 3. The van der Waals surface area contributed by atoms with Gasteiger partial charge in [-0.3, -0.25) is 14.2 Å². The smallest absolute Gasteiger partial charge is 0.256 e.